The summed E-state index contributed by atoms with van der Waals surface area (Å²) in [6.07, 6.45) is 9.23. The van der Waals surface area contributed by atoms with Crippen LogP contribution in [0.15, 0.2) is 0 Å². The van der Waals surface area contributed by atoms with Crippen molar-refractivity contribution in [1.82, 2.24) is 5.32 Å². The molecule has 5 heteroatoms. The van der Waals surface area contributed by atoms with Crippen molar-refractivity contribution in [3.8, 4) is 0 Å². The van der Waals surface area contributed by atoms with E-state index >= 15 is 0 Å². The molecule has 196 valence electrons. The number of hydrogen-bond donors (Lipinski definition) is 2. The van der Waals surface area contributed by atoms with Crippen molar-refractivity contribution in [3.05, 3.63) is 0 Å². The molecule has 4 rings (SSSR count). The maximum atomic E-state index is 12.8. The van der Waals surface area contributed by atoms with E-state index < -0.39 is 0 Å². The molecular weight excluding hydrogens is 426 g/mol. The standard InChI is InChI=1S/C29H51NO4/c1-7-14-34-25-17-28(4)19(15-24(25)31)8-9-20-21-10-11-22(27(32)33-6)29(21,5)16-23(26(20)28)30-13-12-18(2)3/h18-26,30-31H,7-17H2,1-6H3/t19-,20-,21-,22+,23+,24-,25-,26+,28-,29-/m0/s1. The number of esters is 1. The van der Waals surface area contributed by atoms with Crippen LogP contribution in [0.4, 0.5) is 0 Å². The summed E-state index contributed by atoms with van der Waals surface area (Å²) >= 11 is 0. The normalized spacial score (nSPS) is 46.0. The minimum absolute atomic E-state index is 0.00176. The summed E-state index contributed by atoms with van der Waals surface area (Å²) in [5.74, 6) is 3.05. The SMILES string of the molecule is CCCO[C@H]1C[C@@]2(C)[C@@H](CC[C@@H]3[C@@H]2[C@H](NCCC(C)C)C[C@]2(C)[C@@H](C(=O)OC)CC[C@@H]32)C[C@@H]1O. The minimum atomic E-state index is -0.336. The Morgan fingerprint density at radius 2 is 1.88 bits per heavy atom. The van der Waals surface area contributed by atoms with Crippen molar-refractivity contribution in [2.75, 3.05) is 20.3 Å². The highest BCUT2D eigenvalue weighted by Crippen LogP contribution is 2.67. The second kappa shape index (κ2) is 10.4. The summed E-state index contributed by atoms with van der Waals surface area (Å²) < 4.78 is 11.5. The van der Waals surface area contributed by atoms with E-state index in [4.69, 9.17) is 9.47 Å². The fourth-order valence-electron chi connectivity index (χ4n) is 9.16. The van der Waals surface area contributed by atoms with Gasteiger partial charge in [-0.1, -0.05) is 34.6 Å². The molecule has 0 aromatic rings. The van der Waals surface area contributed by atoms with Gasteiger partial charge in [0.15, 0.2) is 0 Å². The third kappa shape index (κ3) is 4.59. The lowest BCUT2D eigenvalue weighted by atomic mass is 9.43. The maximum absolute atomic E-state index is 12.8. The van der Waals surface area contributed by atoms with Crippen LogP contribution in [0.5, 0.6) is 0 Å². The number of carbonyl (C=O) groups is 1. The number of methoxy groups -OCH3 is 1. The Kier molecular flexibility index (Phi) is 8.06. The molecule has 0 aliphatic heterocycles. The van der Waals surface area contributed by atoms with Crippen LogP contribution >= 0.6 is 0 Å². The number of aliphatic hydroxyl groups excluding tert-OH is 1. The smallest absolute Gasteiger partial charge is 0.309 e. The quantitative estimate of drug-likeness (QED) is 0.471. The molecule has 4 aliphatic rings. The Bertz CT molecular complexity index is 712. The second-order valence-electron chi connectivity index (χ2n) is 13.1. The molecule has 0 bridgehead atoms. The van der Waals surface area contributed by atoms with Gasteiger partial charge in [0.25, 0.3) is 0 Å². The summed E-state index contributed by atoms with van der Waals surface area (Å²) in [5, 5.41) is 15.0. The topological polar surface area (TPSA) is 67.8 Å². The molecule has 4 saturated carbocycles. The molecule has 10 atom stereocenters. The second-order valence-corrected chi connectivity index (χ2v) is 13.1. The summed E-state index contributed by atoms with van der Waals surface area (Å²) in [6.45, 7) is 13.4. The number of carbonyl (C=O) groups excluding carboxylic acids is 1. The van der Waals surface area contributed by atoms with Crippen molar-refractivity contribution in [2.24, 2.45) is 46.3 Å². The Labute approximate surface area is 208 Å². The predicted octanol–water partition coefficient (Wildman–Crippen LogP) is 5.20. The number of ether oxygens (including phenoxy) is 2. The van der Waals surface area contributed by atoms with Crippen molar-refractivity contribution in [3.63, 3.8) is 0 Å². The lowest BCUT2D eigenvalue weighted by Gasteiger charge is -2.64. The van der Waals surface area contributed by atoms with Crippen molar-refractivity contribution < 1.29 is 19.4 Å². The highest BCUT2D eigenvalue weighted by atomic mass is 16.5. The van der Waals surface area contributed by atoms with Gasteiger partial charge in [-0.15, -0.1) is 0 Å². The summed E-state index contributed by atoms with van der Waals surface area (Å²) in [6, 6.07) is 0.408. The van der Waals surface area contributed by atoms with Gasteiger partial charge in [-0.05, 0) is 105 Å². The van der Waals surface area contributed by atoms with E-state index in [0.717, 1.165) is 51.7 Å². The van der Waals surface area contributed by atoms with Gasteiger partial charge in [0.05, 0.1) is 25.2 Å². The summed E-state index contributed by atoms with van der Waals surface area (Å²) in [7, 11) is 1.55. The van der Waals surface area contributed by atoms with Crippen LogP contribution in [0.1, 0.15) is 92.4 Å². The molecule has 0 heterocycles. The molecule has 0 aromatic carbocycles. The first kappa shape index (κ1) is 26.4. The molecule has 5 nitrogen and oxygen atoms in total. The first-order chi connectivity index (χ1) is 16.2. The van der Waals surface area contributed by atoms with Crippen molar-refractivity contribution >= 4 is 5.97 Å². The van der Waals surface area contributed by atoms with E-state index in [-0.39, 0.29) is 34.9 Å². The maximum Gasteiger partial charge on any atom is 0.309 e. The lowest BCUT2D eigenvalue weighted by Crippen LogP contribution is -2.64. The zero-order chi connectivity index (χ0) is 24.7. The number of hydrogen-bond acceptors (Lipinski definition) is 5. The van der Waals surface area contributed by atoms with Gasteiger partial charge < -0.3 is 19.9 Å². The van der Waals surface area contributed by atoms with Gasteiger partial charge in [0, 0.05) is 12.6 Å². The number of aliphatic hydroxyl groups is 1. The Hall–Kier alpha value is -0.650. The van der Waals surface area contributed by atoms with Crippen LogP contribution in [0, 0.1) is 46.3 Å². The van der Waals surface area contributed by atoms with Crippen LogP contribution in [0.3, 0.4) is 0 Å². The van der Waals surface area contributed by atoms with Gasteiger partial charge in [-0.25, -0.2) is 0 Å². The van der Waals surface area contributed by atoms with Crippen LogP contribution in [-0.2, 0) is 14.3 Å². The highest BCUT2D eigenvalue weighted by molar-refractivity contribution is 5.74. The summed E-state index contributed by atoms with van der Waals surface area (Å²) in [4.78, 5) is 12.8. The molecule has 0 radical (unpaired) electrons. The molecule has 0 amide bonds. The monoisotopic (exact) mass is 477 g/mol. The van der Waals surface area contributed by atoms with E-state index in [2.05, 4.69) is 39.9 Å². The summed E-state index contributed by atoms with van der Waals surface area (Å²) in [5.41, 5.74) is 0.181. The number of nitrogens with one attached hydrogen (secondary N) is 1. The van der Waals surface area contributed by atoms with Gasteiger partial charge in [0.1, 0.15) is 0 Å². The van der Waals surface area contributed by atoms with Gasteiger partial charge >= 0.3 is 5.97 Å². The van der Waals surface area contributed by atoms with Crippen LogP contribution in [0.25, 0.3) is 0 Å². The van der Waals surface area contributed by atoms with Crippen molar-refractivity contribution in [1.29, 1.82) is 0 Å². The van der Waals surface area contributed by atoms with E-state index in [1.54, 1.807) is 7.11 Å². The molecule has 2 N–H and O–H groups in total. The minimum Gasteiger partial charge on any atom is -0.469 e. The number of rotatable bonds is 8. The van der Waals surface area contributed by atoms with Gasteiger partial charge in [0.2, 0.25) is 0 Å². The van der Waals surface area contributed by atoms with E-state index in [0.29, 0.717) is 35.6 Å². The fraction of sp³-hybridized carbons (Fsp3) is 0.966. The van der Waals surface area contributed by atoms with Crippen LogP contribution in [-0.4, -0.2) is 49.6 Å². The van der Waals surface area contributed by atoms with Crippen LogP contribution in [0.2, 0.25) is 0 Å². The van der Waals surface area contributed by atoms with Gasteiger partial charge in [-0.3, -0.25) is 4.79 Å². The zero-order valence-corrected chi connectivity index (χ0v) is 22.6. The zero-order valence-electron chi connectivity index (χ0n) is 22.6. The average Bonchev–Trinajstić information content (AvgIpc) is 3.13. The fourth-order valence-corrected chi connectivity index (χ4v) is 9.16. The predicted molar refractivity (Wildman–Crippen MR) is 135 cm³/mol. The number of fused-ring (bicyclic) bond motifs is 5. The first-order valence-corrected chi connectivity index (χ1v) is 14.3. The van der Waals surface area contributed by atoms with E-state index in [9.17, 15) is 9.90 Å². The molecular formula is C29H51NO4. The third-order valence-electron chi connectivity index (χ3n) is 10.8. The molecule has 34 heavy (non-hydrogen) atoms. The molecule has 0 spiro atoms. The highest BCUT2D eigenvalue weighted by Gasteiger charge is 2.65. The van der Waals surface area contributed by atoms with Gasteiger partial charge in [-0.2, -0.15) is 0 Å². The molecule has 4 fully saturated rings. The first-order valence-electron chi connectivity index (χ1n) is 14.3. The molecule has 0 unspecified atom stereocenters. The van der Waals surface area contributed by atoms with Crippen molar-refractivity contribution in [2.45, 2.75) is 111 Å². The van der Waals surface area contributed by atoms with E-state index in [1.807, 2.05) is 0 Å². The Morgan fingerprint density at radius 1 is 1.12 bits per heavy atom. The third-order valence-corrected chi connectivity index (χ3v) is 10.8. The largest absolute Gasteiger partial charge is 0.469 e. The van der Waals surface area contributed by atoms with E-state index in [1.165, 1.54) is 19.3 Å². The molecule has 4 aliphatic carbocycles. The van der Waals surface area contributed by atoms with Crippen LogP contribution < -0.4 is 5.32 Å². The average molecular weight is 478 g/mol. The Balaban J connectivity index is 1.65. The molecule has 0 aromatic heterocycles. The lowest BCUT2D eigenvalue weighted by molar-refractivity contribution is -0.183. The Morgan fingerprint density at radius 3 is 2.56 bits per heavy atom. The molecule has 0 saturated heterocycles.